The fourth-order valence-electron chi connectivity index (χ4n) is 1.23. The van der Waals surface area contributed by atoms with Gasteiger partial charge < -0.3 is 0 Å². The van der Waals surface area contributed by atoms with Crippen molar-refractivity contribution in [2.75, 3.05) is 6.54 Å². The SMILES string of the molecule is Ic1cccc2c1[N]CC2. The Morgan fingerprint density at radius 1 is 1.40 bits per heavy atom. The highest BCUT2D eigenvalue weighted by molar-refractivity contribution is 14.1. The molecule has 1 aliphatic rings. The van der Waals surface area contributed by atoms with Crippen molar-refractivity contribution in [3.05, 3.63) is 27.3 Å². The predicted octanol–water partition coefficient (Wildman–Crippen LogP) is 2.08. The molecule has 51 valence electrons. The molecule has 1 radical (unpaired) electrons. The first-order valence-electron chi connectivity index (χ1n) is 3.33. The molecular formula is C8H7IN. The van der Waals surface area contributed by atoms with Gasteiger partial charge in [-0.15, -0.1) is 0 Å². The molecule has 1 aromatic rings. The molecule has 0 saturated carbocycles. The molecule has 0 bridgehead atoms. The first-order chi connectivity index (χ1) is 4.88. The van der Waals surface area contributed by atoms with Gasteiger partial charge in [-0.3, -0.25) is 5.32 Å². The van der Waals surface area contributed by atoms with Gasteiger partial charge in [0.1, 0.15) is 0 Å². The smallest absolute Gasteiger partial charge is 0.0740 e. The Labute approximate surface area is 74.0 Å². The normalized spacial score (nSPS) is 14.5. The molecule has 2 rings (SSSR count). The molecular weight excluding hydrogens is 237 g/mol. The van der Waals surface area contributed by atoms with Crippen LogP contribution in [0.4, 0.5) is 5.69 Å². The molecule has 2 heteroatoms. The summed E-state index contributed by atoms with van der Waals surface area (Å²) in [6, 6.07) is 6.36. The third kappa shape index (κ3) is 0.905. The summed E-state index contributed by atoms with van der Waals surface area (Å²) in [6.45, 7) is 0.981. The third-order valence-electron chi connectivity index (χ3n) is 1.72. The molecule has 1 aromatic carbocycles. The lowest BCUT2D eigenvalue weighted by molar-refractivity contribution is 0.907. The second kappa shape index (κ2) is 2.42. The van der Waals surface area contributed by atoms with Crippen LogP contribution < -0.4 is 5.32 Å². The van der Waals surface area contributed by atoms with Gasteiger partial charge in [-0.05, 0) is 40.6 Å². The Bertz CT molecular complexity index is 257. The van der Waals surface area contributed by atoms with Crippen LogP contribution >= 0.6 is 22.6 Å². The van der Waals surface area contributed by atoms with Crippen molar-refractivity contribution < 1.29 is 0 Å². The first-order valence-corrected chi connectivity index (χ1v) is 4.41. The minimum atomic E-state index is 0.981. The van der Waals surface area contributed by atoms with Crippen LogP contribution in [0.5, 0.6) is 0 Å². The molecule has 1 aliphatic heterocycles. The largest absolute Gasteiger partial charge is 0.284 e. The monoisotopic (exact) mass is 244 g/mol. The van der Waals surface area contributed by atoms with Crippen molar-refractivity contribution in [1.82, 2.24) is 5.32 Å². The fraction of sp³-hybridized carbons (Fsp3) is 0.250. The number of halogens is 1. The highest BCUT2D eigenvalue weighted by atomic mass is 127. The second-order valence-corrected chi connectivity index (χ2v) is 3.54. The van der Waals surface area contributed by atoms with E-state index in [9.17, 15) is 0 Å². The Morgan fingerprint density at radius 2 is 2.30 bits per heavy atom. The molecule has 0 unspecified atom stereocenters. The lowest BCUT2D eigenvalue weighted by atomic mass is 10.2. The van der Waals surface area contributed by atoms with Gasteiger partial charge >= 0.3 is 0 Å². The van der Waals surface area contributed by atoms with Gasteiger partial charge in [0.25, 0.3) is 0 Å². The Balaban J connectivity index is 2.59. The van der Waals surface area contributed by atoms with Gasteiger partial charge in [0, 0.05) is 10.1 Å². The topological polar surface area (TPSA) is 14.1 Å². The molecule has 1 heterocycles. The maximum Gasteiger partial charge on any atom is 0.0740 e. The summed E-state index contributed by atoms with van der Waals surface area (Å²) in [5.74, 6) is 0. The molecule has 1 nitrogen and oxygen atoms in total. The van der Waals surface area contributed by atoms with Crippen LogP contribution in [0, 0.1) is 3.57 Å². The van der Waals surface area contributed by atoms with Crippen molar-refractivity contribution in [3.8, 4) is 0 Å². The maximum absolute atomic E-state index is 4.39. The summed E-state index contributed by atoms with van der Waals surface area (Å²) in [4.78, 5) is 0. The van der Waals surface area contributed by atoms with Crippen molar-refractivity contribution >= 4 is 28.3 Å². The van der Waals surface area contributed by atoms with E-state index in [2.05, 4.69) is 46.1 Å². The van der Waals surface area contributed by atoms with Crippen molar-refractivity contribution in [1.29, 1.82) is 0 Å². The maximum atomic E-state index is 4.39. The number of hydrogen-bond donors (Lipinski definition) is 0. The van der Waals surface area contributed by atoms with Gasteiger partial charge in [-0.1, -0.05) is 12.1 Å². The van der Waals surface area contributed by atoms with Crippen LogP contribution in [0.2, 0.25) is 0 Å². The minimum absolute atomic E-state index is 0.981. The van der Waals surface area contributed by atoms with Crippen LogP contribution in [-0.2, 0) is 6.42 Å². The van der Waals surface area contributed by atoms with Gasteiger partial charge in [-0.25, -0.2) is 0 Å². The highest BCUT2D eigenvalue weighted by Crippen LogP contribution is 2.27. The van der Waals surface area contributed by atoms with E-state index in [0.29, 0.717) is 0 Å². The van der Waals surface area contributed by atoms with E-state index in [1.165, 1.54) is 14.8 Å². The van der Waals surface area contributed by atoms with E-state index >= 15 is 0 Å². The standard InChI is InChI=1S/C8H7IN/c9-7-3-1-2-6-4-5-10-8(6)7/h1-3H,4-5H2. The van der Waals surface area contributed by atoms with E-state index in [4.69, 9.17) is 0 Å². The molecule has 0 aliphatic carbocycles. The zero-order valence-corrected chi connectivity index (χ0v) is 7.63. The highest BCUT2D eigenvalue weighted by Gasteiger charge is 2.12. The van der Waals surface area contributed by atoms with Crippen molar-refractivity contribution in [2.45, 2.75) is 6.42 Å². The Kier molecular flexibility index (Phi) is 1.56. The predicted molar refractivity (Wildman–Crippen MR) is 49.5 cm³/mol. The summed E-state index contributed by atoms with van der Waals surface area (Å²) < 4.78 is 1.28. The van der Waals surface area contributed by atoms with E-state index in [1.54, 1.807) is 0 Å². The summed E-state index contributed by atoms with van der Waals surface area (Å²) >= 11 is 2.33. The van der Waals surface area contributed by atoms with Crippen LogP contribution in [-0.4, -0.2) is 6.54 Å². The average Bonchev–Trinajstić information content (AvgIpc) is 2.36. The van der Waals surface area contributed by atoms with E-state index in [1.807, 2.05) is 0 Å². The van der Waals surface area contributed by atoms with Crippen LogP contribution in [0.3, 0.4) is 0 Å². The molecule has 0 N–H and O–H groups in total. The van der Waals surface area contributed by atoms with E-state index in [-0.39, 0.29) is 0 Å². The average molecular weight is 244 g/mol. The van der Waals surface area contributed by atoms with Gasteiger partial charge in [0.05, 0.1) is 5.69 Å². The van der Waals surface area contributed by atoms with E-state index < -0.39 is 0 Å². The number of fused-ring (bicyclic) bond motifs is 1. The molecule has 0 aromatic heterocycles. The molecule has 0 fully saturated rings. The lowest BCUT2D eigenvalue weighted by Gasteiger charge is -1.98. The van der Waals surface area contributed by atoms with E-state index in [0.717, 1.165) is 13.0 Å². The van der Waals surface area contributed by atoms with Crippen LogP contribution in [0.25, 0.3) is 0 Å². The molecule has 0 spiro atoms. The van der Waals surface area contributed by atoms with Crippen LogP contribution in [0.15, 0.2) is 18.2 Å². The lowest BCUT2D eigenvalue weighted by Crippen LogP contribution is -1.90. The van der Waals surface area contributed by atoms with Crippen LogP contribution in [0.1, 0.15) is 5.56 Å². The third-order valence-corrected chi connectivity index (χ3v) is 2.59. The van der Waals surface area contributed by atoms with Gasteiger partial charge in [0.15, 0.2) is 0 Å². The fourth-order valence-corrected chi connectivity index (χ4v) is 1.95. The number of nitrogens with zero attached hydrogens (tertiary/aromatic N) is 1. The number of hydrogen-bond acceptors (Lipinski definition) is 0. The molecule has 10 heavy (non-hydrogen) atoms. The van der Waals surface area contributed by atoms with Crippen molar-refractivity contribution in [2.24, 2.45) is 0 Å². The zero-order valence-electron chi connectivity index (χ0n) is 5.47. The zero-order chi connectivity index (χ0) is 6.97. The quantitative estimate of drug-likeness (QED) is 0.620. The molecule has 0 atom stereocenters. The molecule has 0 saturated heterocycles. The summed E-state index contributed by atoms with van der Waals surface area (Å²) in [5.41, 5.74) is 2.63. The molecule has 0 amide bonds. The number of rotatable bonds is 0. The number of para-hydroxylation sites is 1. The Hall–Kier alpha value is -0.250. The second-order valence-electron chi connectivity index (χ2n) is 2.38. The van der Waals surface area contributed by atoms with Gasteiger partial charge in [-0.2, -0.15) is 0 Å². The van der Waals surface area contributed by atoms with Gasteiger partial charge in [0.2, 0.25) is 0 Å². The first kappa shape index (κ1) is 6.46. The summed E-state index contributed by atoms with van der Waals surface area (Å²) in [7, 11) is 0. The number of benzene rings is 1. The Morgan fingerprint density at radius 3 is 3.10 bits per heavy atom. The summed E-state index contributed by atoms with van der Waals surface area (Å²) in [6.07, 6.45) is 1.13. The summed E-state index contributed by atoms with van der Waals surface area (Å²) in [5, 5.41) is 4.39. The minimum Gasteiger partial charge on any atom is -0.284 e. The van der Waals surface area contributed by atoms with Crippen molar-refractivity contribution in [3.63, 3.8) is 0 Å².